The van der Waals surface area contributed by atoms with Gasteiger partial charge in [-0.3, -0.25) is 0 Å². The molecule has 2 aliphatic heterocycles. The van der Waals surface area contributed by atoms with Crippen LogP contribution in [0, 0.1) is 0 Å². The second-order valence-electron chi connectivity index (χ2n) is 4.60. The van der Waals surface area contributed by atoms with Gasteiger partial charge in [0.2, 0.25) is 0 Å². The first kappa shape index (κ1) is 11.8. The highest BCUT2D eigenvalue weighted by Gasteiger charge is 2.29. The third kappa shape index (κ3) is 2.44. The predicted octanol–water partition coefficient (Wildman–Crippen LogP) is 3.65. The van der Waals surface area contributed by atoms with Crippen LogP contribution < -0.4 is 4.90 Å². The summed E-state index contributed by atoms with van der Waals surface area (Å²) in [6.07, 6.45) is 4.13. The second-order valence-corrected chi connectivity index (χ2v) is 7.19. The van der Waals surface area contributed by atoms with E-state index in [4.69, 9.17) is 0 Å². The number of hydrogen-bond acceptors (Lipinski definition) is 4. The van der Waals surface area contributed by atoms with Crippen LogP contribution in [0.4, 0.5) is 5.69 Å². The van der Waals surface area contributed by atoms with E-state index in [-0.39, 0.29) is 0 Å². The van der Waals surface area contributed by atoms with Crippen molar-refractivity contribution in [1.29, 1.82) is 0 Å². The Morgan fingerprint density at radius 1 is 1.18 bits per heavy atom. The van der Waals surface area contributed by atoms with Gasteiger partial charge in [0.1, 0.15) is 4.71 Å². The molecule has 1 saturated heterocycles. The minimum atomic E-state index is 0.519. The Bertz CT molecular complexity index is 391. The van der Waals surface area contributed by atoms with Crippen molar-refractivity contribution in [1.82, 2.24) is 4.31 Å². The molecule has 0 radical (unpaired) electrons. The van der Waals surface area contributed by atoms with Gasteiger partial charge in [-0.15, -0.1) is 0 Å². The van der Waals surface area contributed by atoms with E-state index < -0.39 is 0 Å². The van der Waals surface area contributed by atoms with E-state index in [1.54, 1.807) is 0 Å². The third-order valence-electron chi connectivity index (χ3n) is 3.34. The lowest BCUT2D eigenvalue weighted by Crippen LogP contribution is -2.30. The van der Waals surface area contributed by atoms with Crippen LogP contribution in [0.1, 0.15) is 19.3 Å². The van der Waals surface area contributed by atoms with Gasteiger partial charge in [0.15, 0.2) is 0 Å². The summed E-state index contributed by atoms with van der Waals surface area (Å²) < 4.78 is 3.06. The fourth-order valence-electron chi connectivity index (χ4n) is 2.34. The zero-order valence-electron chi connectivity index (χ0n) is 10.1. The van der Waals surface area contributed by atoms with Gasteiger partial charge in [-0.2, -0.15) is 0 Å². The highest BCUT2D eigenvalue weighted by atomic mass is 32.2. The number of para-hydroxylation sites is 1. The SMILES string of the molecule is CN1c2ccccc2SC1SN1CCCCC1. The Hall–Kier alpha value is -0.320. The Kier molecular flexibility index (Phi) is 3.54. The van der Waals surface area contributed by atoms with Crippen LogP contribution in [-0.2, 0) is 0 Å². The minimum absolute atomic E-state index is 0.519. The van der Waals surface area contributed by atoms with Crippen molar-refractivity contribution in [2.24, 2.45) is 0 Å². The first-order valence-corrected chi connectivity index (χ1v) is 7.96. The van der Waals surface area contributed by atoms with E-state index in [1.165, 1.54) is 42.9 Å². The lowest BCUT2D eigenvalue weighted by Gasteiger charge is -2.30. The zero-order valence-corrected chi connectivity index (χ0v) is 11.8. The van der Waals surface area contributed by atoms with Gasteiger partial charge in [-0.05, 0) is 36.9 Å². The van der Waals surface area contributed by atoms with Crippen LogP contribution in [0.25, 0.3) is 0 Å². The molecule has 3 rings (SSSR count). The molecule has 0 bridgehead atoms. The fourth-order valence-corrected chi connectivity index (χ4v) is 5.15. The van der Waals surface area contributed by atoms with E-state index in [0.29, 0.717) is 4.71 Å². The molecule has 1 fully saturated rings. The van der Waals surface area contributed by atoms with Crippen molar-refractivity contribution >= 4 is 29.4 Å². The molecule has 0 N–H and O–H groups in total. The number of rotatable bonds is 2. The number of thioether (sulfide) groups is 1. The average Bonchev–Trinajstić information content (AvgIpc) is 2.68. The smallest absolute Gasteiger partial charge is 0.141 e. The molecule has 0 amide bonds. The summed E-state index contributed by atoms with van der Waals surface area (Å²) in [5, 5.41) is 0. The van der Waals surface area contributed by atoms with Crippen LogP contribution in [0.3, 0.4) is 0 Å². The van der Waals surface area contributed by atoms with Gasteiger partial charge >= 0.3 is 0 Å². The van der Waals surface area contributed by atoms with Crippen molar-refractivity contribution in [3.63, 3.8) is 0 Å². The molecule has 1 unspecified atom stereocenters. The Labute approximate surface area is 112 Å². The molecule has 2 aliphatic rings. The number of nitrogens with zero attached hydrogens (tertiary/aromatic N) is 2. The van der Waals surface area contributed by atoms with Crippen molar-refractivity contribution in [3.05, 3.63) is 24.3 Å². The Morgan fingerprint density at radius 2 is 1.94 bits per heavy atom. The van der Waals surface area contributed by atoms with Gasteiger partial charge in [-0.25, -0.2) is 4.31 Å². The van der Waals surface area contributed by atoms with E-state index in [9.17, 15) is 0 Å². The van der Waals surface area contributed by atoms with E-state index in [0.717, 1.165) is 0 Å². The average molecular weight is 266 g/mol. The van der Waals surface area contributed by atoms with Gasteiger partial charge in [0.25, 0.3) is 0 Å². The lowest BCUT2D eigenvalue weighted by atomic mass is 10.2. The van der Waals surface area contributed by atoms with Crippen LogP contribution >= 0.6 is 23.7 Å². The second kappa shape index (κ2) is 5.12. The predicted molar refractivity (Wildman–Crippen MR) is 77.5 cm³/mol. The largest absolute Gasteiger partial charge is 0.352 e. The summed E-state index contributed by atoms with van der Waals surface area (Å²) in [6.45, 7) is 2.51. The first-order chi connectivity index (χ1) is 8.34. The number of anilines is 1. The number of hydrogen-bond donors (Lipinski definition) is 0. The zero-order chi connectivity index (χ0) is 11.7. The standard InChI is InChI=1S/C13H18N2S2/c1-14-11-7-3-4-8-12(11)16-13(14)17-15-9-5-2-6-10-15/h3-4,7-8,13H,2,5-6,9-10H2,1H3. The maximum atomic E-state index is 2.55. The molecule has 0 spiro atoms. The molecule has 1 atom stereocenters. The monoisotopic (exact) mass is 266 g/mol. The molecule has 0 aliphatic carbocycles. The number of fused-ring (bicyclic) bond motifs is 1. The van der Waals surface area contributed by atoms with Gasteiger partial charge in [0, 0.05) is 25.0 Å². The molecule has 0 saturated carbocycles. The molecular formula is C13H18N2S2. The van der Waals surface area contributed by atoms with Crippen LogP contribution in [0.5, 0.6) is 0 Å². The molecule has 4 heteroatoms. The maximum absolute atomic E-state index is 2.55. The fraction of sp³-hybridized carbons (Fsp3) is 0.538. The quantitative estimate of drug-likeness (QED) is 0.754. The van der Waals surface area contributed by atoms with Crippen molar-refractivity contribution in [2.75, 3.05) is 25.0 Å². The highest BCUT2D eigenvalue weighted by molar-refractivity contribution is 8.16. The first-order valence-electron chi connectivity index (χ1n) is 6.25. The number of benzene rings is 1. The van der Waals surface area contributed by atoms with E-state index in [2.05, 4.69) is 40.5 Å². The number of piperidine rings is 1. The molecule has 1 aromatic rings. The van der Waals surface area contributed by atoms with Crippen molar-refractivity contribution in [3.8, 4) is 0 Å². The van der Waals surface area contributed by atoms with Gasteiger partial charge in [0.05, 0.1) is 5.69 Å². The third-order valence-corrected chi connectivity index (χ3v) is 6.17. The Balaban J connectivity index is 1.67. The molecule has 92 valence electrons. The maximum Gasteiger partial charge on any atom is 0.141 e. The van der Waals surface area contributed by atoms with E-state index in [1.807, 2.05) is 23.7 Å². The summed E-state index contributed by atoms with van der Waals surface area (Å²) in [5.74, 6) is 0. The van der Waals surface area contributed by atoms with Crippen LogP contribution in [0.2, 0.25) is 0 Å². The summed E-state index contributed by atoms with van der Waals surface area (Å²) in [7, 11) is 2.21. The Morgan fingerprint density at radius 3 is 2.71 bits per heavy atom. The molecular weight excluding hydrogens is 248 g/mol. The summed E-state index contributed by atoms with van der Waals surface area (Å²) in [5.41, 5.74) is 1.38. The summed E-state index contributed by atoms with van der Waals surface area (Å²) in [6, 6.07) is 8.71. The van der Waals surface area contributed by atoms with Crippen LogP contribution in [-0.4, -0.2) is 29.1 Å². The minimum Gasteiger partial charge on any atom is -0.352 e. The normalized spacial score (nSPS) is 25.0. The summed E-state index contributed by atoms with van der Waals surface area (Å²) >= 11 is 4.00. The van der Waals surface area contributed by atoms with Gasteiger partial charge in [-0.1, -0.05) is 30.3 Å². The van der Waals surface area contributed by atoms with Gasteiger partial charge < -0.3 is 4.90 Å². The van der Waals surface area contributed by atoms with Crippen molar-refractivity contribution < 1.29 is 0 Å². The lowest BCUT2D eigenvalue weighted by molar-refractivity contribution is 0.380. The summed E-state index contributed by atoms with van der Waals surface area (Å²) in [4.78, 5) is 3.82. The van der Waals surface area contributed by atoms with Crippen LogP contribution in [0.15, 0.2) is 29.2 Å². The topological polar surface area (TPSA) is 6.48 Å². The van der Waals surface area contributed by atoms with Crippen molar-refractivity contribution in [2.45, 2.75) is 28.9 Å². The molecule has 1 aromatic carbocycles. The van der Waals surface area contributed by atoms with E-state index >= 15 is 0 Å². The molecule has 2 heterocycles. The highest BCUT2D eigenvalue weighted by Crippen LogP contribution is 2.47. The molecule has 0 aromatic heterocycles. The molecule has 2 nitrogen and oxygen atoms in total. The molecule has 17 heavy (non-hydrogen) atoms.